The van der Waals surface area contributed by atoms with Crippen molar-refractivity contribution in [2.24, 2.45) is 0 Å². The first-order valence-electron chi connectivity index (χ1n) is 7.45. The van der Waals surface area contributed by atoms with Crippen molar-refractivity contribution < 1.29 is 0 Å². The fourth-order valence-electron chi connectivity index (χ4n) is 2.78. The van der Waals surface area contributed by atoms with Gasteiger partial charge in [-0.3, -0.25) is 0 Å². The van der Waals surface area contributed by atoms with Gasteiger partial charge in [-0.25, -0.2) is 0 Å². The number of benzene rings is 2. The molecule has 0 amide bonds. The van der Waals surface area contributed by atoms with Crippen molar-refractivity contribution >= 4 is 28.9 Å². The molecule has 2 atom stereocenters. The van der Waals surface area contributed by atoms with Crippen molar-refractivity contribution in [3.8, 4) is 0 Å². The Morgan fingerprint density at radius 1 is 0.714 bits per heavy atom. The maximum absolute atomic E-state index is 6.73. The lowest BCUT2D eigenvalue weighted by atomic mass is 10.0. The predicted molar refractivity (Wildman–Crippen MR) is 96.8 cm³/mol. The molecule has 0 N–H and O–H groups in total. The minimum Gasteiger partial charge on any atom is -0.146 e. The van der Waals surface area contributed by atoms with Crippen LogP contribution in [-0.4, -0.2) is 6.69 Å². The van der Waals surface area contributed by atoms with Crippen LogP contribution in [0.4, 0.5) is 0 Å². The first kappa shape index (κ1) is 16.6. The molecule has 3 heteroatoms. The second-order valence-corrected chi connectivity index (χ2v) is 13.3. The Labute approximate surface area is 138 Å². The van der Waals surface area contributed by atoms with E-state index in [0.717, 1.165) is 12.1 Å². The molecular weight excluding hydrogens is 315 g/mol. The first-order valence-corrected chi connectivity index (χ1v) is 11.9. The second-order valence-electron chi connectivity index (χ2n) is 5.89. The lowest BCUT2D eigenvalue weighted by Crippen LogP contribution is -2.23. The van der Waals surface area contributed by atoms with Crippen molar-refractivity contribution in [1.82, 2.24) is 0 Å². The zero-order valence-electron chi connectivity index (χ0n) is 12.6. The molecule has 2 aromatic rings. The topological polar surface area (TPSA) is 0 Å². The van der Waals surface area contributed by atoms with Crippen LogP contribution >= 0.6 is 22.2 Å². The summed E-state index contributed by atoms with van der Waals surface area (Å²) < 4.78 is 0. The van der Waals surface area contributed by atoms with Gasteiger partial charge in [0, 0.05) is 0 Å². The summed E-state index contributed by atoms with van der Waals surface area (Å²) >= 11 is 13.5. The van der Waals surface area contributed by atoms with E-state index in [-0.39, 0.29) is 0 Å². The van der Waals surface area contributed by atoms with Crippen LogP contribution in [0.2, 0.25) is 12.1 Å². The van der Waals surface area contributed by atoms with E-state index in [1.165, 1.54) is 11.1 Å². The largest absolute Gasteiger partial charge is 0.252 e. The standard InChI is InChI=1S/C18H22Cl2Si/c1-15(17-9-5-3-6-10-17)13-21(19,20)14-16(2)18-11-7-4-8-12-18/h3-12,15-16H,13-14H2,1-2H3. The van der Waals surface area contributed by atoms with Gasteiger partial charge in [-0.1, -0.05) is 74.5 Å². The van der Waals surface area contributed by atoms with Crippen LogP contribution in [0.3, 0.4) is 0 Å². The highest BCUT2D eigenvalue weighted by Crippen LogP contribution is 2.38. The maximum Gasteiger partial charge on any atom is 0.252 e. The molecule has 2 rings (SSSR count). The number of rotatable bonds is 6. The van der Waals surface area contributed by atoms with Gasteiger partial charge in [-0.05, 0) is 35.1 Å². The van der Waals surface area contributed by atoms with Crippen LogP contribution in [0.1, 0.15) is 36.8 Å². The highest BCUT2D eigenvalue weighted by atomic mass is 35.7. The van der Waals surface area contributed by atoms with E-state index in [1.54, 1.807) is 0 Å². The number of hydrogen-bond acceptors (Lipinski definition) is 0. The van der Waals surface area contributed by atoms with Gasteiger partial charge in [-0.2, -0.15) is 0 Å². The van der Waals surface area contributed by atoms with Crippen LogP contribution in [0.5, 0.6) is 0 Å². The Morgan fingerprint density at radius 3 is 1.38 bits per heavy atom. The van der Waals surface area contributed by atoms with Crippen molar-refractivity contribution in [2.75, 3.05) is 0 Å². The first-order chi connectivity index (χ1) is 9.98. The van der Waals surface area contributed by atoms with Crippen LogP contribution in [0.25, 0.3) is 0 Å². The van der Waals surface area contributed by atoms with Crippen molar-refractivity contribution in [1.29, 1.82) is 0 Å². The summed E-state index contributed by atoms with van der Waals surface area (Å²) in [5.41, 5.74) is 2.64. The molecule has 0 aliphatic heterocycles. The van der Waals surface area contributed by atoms with Gasteiger partial charge in [0.1, 0.15) is 0 Å². The second kappa shape index (κ2) is 7.48. The molecule has 0 fully saturated rings. The molecule has 0 aliphatic rings. The molecule has 2 aromatic carbocycles. The monoisotopic (exact) mass is 336 g/mol. The van der Waals surface area contributed by atoms with E-state index in [9.17, 15) is 0 Å². The summed E-state index contributed by atoms with van der Waals surface area (Å²) in [6, 6.07) is 22.8. The van der Waals surface area contributed by atoms with E-state index >= 15 is 0 Å². The van der Waals surface area contributed by atoms with Crippen LogP contribution in [0.15, 0.2) is 60.7 Å². The molecule has 0 radical (unpaired) electrons. The highest BCUT2D eigenvalue weighted by molar-refractivity contribution is 7.45. The smallest absolute Gasteiger partial charge is 0.146 e. The van der Waals surface area contributed by atoms with Gasteiger partial charge in [0.2, 0.25) is 0 Å². The molecule has 0 bridgehead atoms. The summed E-state index contributed by atoms with van der Waals surface area (Å²) in [4.78, 5) is 0. The maximum atomic E-state index is 6.73. The normalized spacial score (nSPS) is 14.7. The molecule has 0 saturated carbocycles. The fraction of sp³-hybridized carbons (Fsp3) is 0.333. The quantitative estimate of drug-likeness (QED) is 0.416. The van der Waals surface area contributed by atoms with Gasteiger partial charge in [0.05, 0.1) is 0 Å². The third-order valence-electron chi connectivity index (χ3n) is 3.95. The van der Waals surface area contributed by atoms with Gasteiger partial charge in [-0.15, -0.1) is 22.2 Å². The summed E-state index contributed by atoms with van der Waals surface area (Å²) in [6.07, 6.45) is 0. The van der Waals surface area contributed by atoms with Gasteiger partial charge in [0.25, 0.3) is 6.69 Å². The zero-order chi connectivity index (χ0) is 15.3. The summed E-state index contributed by atoms with van der Waals surface area (Å²) in [5, 5.41) is 0. The van der Waals surface area contributed by atoms with Crippen LogP contribution < -0.4 is 0 Å². The van der Waals surface area contributed by atoms with E-state index < -0.39 is 6.69 Å². The molecule has 0 aliphatic carbocycles. The molecule has 0 heterocycles. The zero-order valence-corrected chi connectivity index (χ0v) is 15.1. The SMILES string of the molecule is CC(C[Si](Cl)(Cl)CC(C)c1ccccc1)c1ccccc1. The Morgan fingerprint density at radius 2 is 1.05 bits per heavy atom. The minimum atomic E-state index is -2.25. The molecule has 112 valence electrons. The minimum absolute atomic E-state index is 0.413. The van der Waals surface area contributed by atoms with Gasteiger partial charge in [0.15, 0.2) is 0 Å². The van der Waals surface area contributed by atoms with Gasteiger partial charge < -0.3 is 0 Å². The molecule has 2 unspecified atom stereocenters. The Hall–Kier alpha value is -0.763. The summed E-state index contributed by atoms with van der Waals surface area (Å²) in [7, 11) is 0. The van der Waals surface area contributed by atoms with Crippen molar-refractivity contribution in [2.45, 2.75) is 37.8 Å². The summed E-state index contributed by atoms with van der Waals surface area (Å²) in [6.45, 7) is 2.18. The molecule has 0 aromatic heterocycles. The molecule has 21 heavy (non-hydrogen) atoms. The lowest BCUT2D eigenvalue weighted by Gasteiger charge is -2.24. The third-order valence-corrected chi connectivity index (χ3v) is 8.22. The van der Waals surface area contributed by atoms with Crippen molar-refractivity contribution in [3.05, 3.63) is 71.8 Å². The van der Waals surface area contributed by atoms with Crippen molar-refractivity contribution in [3.63, 3.8) is 0 Å². The molecular formula is C18H22Cl2Si. The fourth-order valence-corrected chi connectivity index (χ4v) is 7.99. The number of hydrogen-bond donors (Lipinski definition) is 0. The predicted octanol–water partition coefficient (Wildman–Crippen LogP) is 6.51. The molecule has 0 nitrogen and oxygen atoms in total. The lowest BCUT2D eigenvalue weighted by molar-refractivity contribution is 0.816. The van der Waals surface area contributed by atoms with E-state index in [4.69, 9.17) is 22.2 Å². The Balaban J connectivity index is 1.98. The molecule has 0 spiro atoms. The Kier molecular flexibility index (Phi) is 5.92. The average molecular weight is 337 g/mol. The van der Waals surface area contributed by atoms with Crippen LogP contribution in [0, 0.1) is 0 Å². The molecule has 0 saturated heterocycles. The van der Waals surface area contributed by atoms with E-state index in [1.807, 2.05) is 12.1 Å². The highest BCUT2D eigenvalue weighted by Gasteiger charge is 2.33. The van der Waals surface area contributed by atoms with Crippen LogP contribution in [-0.2, 0) is 0 Å². The van der Waals surface area contributed by atoms with E-state index in [2.05, 4.69) is 62.4 Å². The number of halogens is 2. The van der Waals surface area contributed by atoms with E-state index in [0.29, 0.717) is 11.8 Å². The van der Waals surface area contributed by atoms with Gasteiger partial charge >= 0.3 is 0 Å². The average Bonchev–Trinajstić information content (AvgIpc) is 2.48. The third kappa shape index (κ3) is 5.17. The summed E-state index contributed by atoms with van der Waals surface area (Å²) in [5.74, 6) is 0.826. The Bertz CT molecular complexity index is 490.